The van der Waals surface area contributed by atoms with Crippen LogP contribution in [0.15, 0.2) is 18.2 Å². The normalized spacial score (nSPS) is 10.2. The summed E-state index contributed by atoms with van der Waals surface area (Å²) in [5, 5.41) is 0.757. The Morgan fingerprint density at radius 2 is 2.25 bits per heavy atom. The highest BCUT2D eigenvalue weighted by Crippen LogP contribution is 2.15. The van der Waals surface area contributed by atoms with Gasteiger partial charge in [-0.3, -0.25) is 0 Å². The molecule has 1 aromatic rings. The van der Waals surface area contributed by atoms with E-state index in [9.17, 15) is 0 Å². The molecule has 12 heavy (non-hydrogen) atoms. The molecule has 1 aromatic carbocycles. The van der Waals surface area contributed by atoms with Gasteiger partial charge in [0.25, 0.3) is 0 Å². The lowest BCUT2D eigenvalue weighted by Crippen LogP contribution is -2.04. The second-order valence-electron chi connectivity index (χ2n) is 2.69. The van der Waals surface area contributed by atoms with E-state index in [0.717, 1.165) is 11.4 Å². The molecule has 0 amide bonds. The highest BCUT2D eigenvalue weighted by molar-refractivity contribution is 6.30. The van der Waals surface area contributed by atoms with Crippen molar-refractivity contribution in [2.75, 3.05) is 6.61 Å². The summed E-state index contributed by atoms with van der Waals surface area (Å²) in [6.45, 7) is 2.57. The van der Waals surface area contributed by atoms with Crippen LogP contribution >= 0.6 is 11.6 Å². The molecule has 0 aromatic heterocycles. The molecule has 0 radical (unpaired) electrons. The van der Waals surface area contributed by atoms with Gasteiger partial charge in [0.15, 0.2) is 0 Å². The molecular formula is C9H12ClNO. The highest BCUT2D eigenvalue weighted by Gasteiger charge is 1.98. The number of rotatable bonds is 3. The minimum atomic E-state index is 0.529. The molecule has 0 aliphatic rings. The van der Waals surface area contributed by atoms with Gasteiger partial charge in [0.1, 0.15) is 0 Å². The van der Waals surface area contributed by atoms with Gasteiger partial charge in [-0.15, -0.1) is 0 Å². The average molecular weight is 186 g/mol. The lowest BCUT2D eigenvalue weighted by Gasteiger charge is -2.04. The van der Waals surface area contributed by atoms with E-state index >= 15 is 0 Å². The van der Waals surface area contributed by atoms with Crippen LogP contribution < -0.4 is 5.90 Å². The number of halogens is 1. The average Bonchev–Trinajstić information content (AvgIpc) is 2.07. The zero-order chi connectivity index (χ0) is 8.97. The Balaban J connectivity index is 2.75. The Labute approximate surface area is 77.2 Å². The zero-order valence-electron chi connectivity index (χ0n) is 7.01. The van der Waals surface area contributed by atoms with Gasteiger partial charge in [0.05, 0.1) is 6.61 Å². The van der Waals surface area contributed by atoms with Crippen molar-refractivity contribution in [3.63, 3.8) is 0 Å². The zero-order valence-corrected chi connectivity index (χ0v) is 7.77. The van der Waals surface area contributed by atoms with Crippen molar-refractivity contribution in [1.29, 1.82) is 0 Å². The van der Waals surface area contributed by atoms with E-state index in [1.54, 1.807) is 0 Å². The number of hydrogen-bond acceptors (Lipinski definition) is 2. The molecule has 0 bridgehead atoms. The second-order valence-corrected chi connectivity index (χ2v) is 3.13. The van der Waals surface area contributed by atoms with Crippen LogP contribution in [-0.4, -0.2) is 6.61 Å². The van der Waals surface area contributed by atoms with Crippen molar-refractivity contribution in [3.05, 3.63) is 34.3 Å². The van der Waals surface area contributed by atoms with E-state index in [0.29, 0.717) is 6.61 Å². The van der Waals surface area contributed by atoms with Gasteiger partial charge in [0.2, 0.25) is 0 Å². The van der Waals surface area contributed by atoms with Crippen LogP contribution in [0.5, 0.6) is 0 Å². The van der Waals surface area contributed by atoms with Crippen molar-refractivity contribution in [1.82, 2.24) is 0 Å². The summed E-state index contributed by atoms with van der Waals surface area (Å²) >= 11 is 5.82. The van der Waals surface area contributed by atoms with Crippen LogP contribution in [0.3, 0.4) is 0 Å². The van der Waals surface area contributed by atoms with E-state index in [1.807, 2.05) is 25.1 Å². The summed E-state index contributed by atoms with van der Waals surface area (Å²) in [4.78, 5) is 4.50. The topological polar surface area (TPSA) is 35.2 Å². The molecule has 0 unspecified atom stereocenters. The maximum Gasteiger partial charge on any atom is 0.0719 e. The fourth-order valence-corrected chi connectivity index (χ4v) is 1.27. The summed E-state index contributed by atoms with van der Waals surface area (Å²) in [6.07, 6.45) is 0.808. The minimum Gasteiger partial charge on any atom is -0.304 e. The van der Waals surface area contributed by atoms with Crippen molar-refractivity contribution in [2.24, 2.45) is 5.90 Å². The fourth-order valence-electron chi connectivity index (χ4n) is 1.08. The molecule has 0 saturated carbocycles. The molecule has 0 aliphatic carbocycles. The third-order valence-electron chi connectivity index (χ3n) is 1.80. The number of benzene rings is 1. The van der Waals surface area contributed by atoms with Crippen molar-refractivity contribution in [2.45, 2.75) is 13.3 Å². The largest absolute Gasteiger partial charge is 0.304 e. The smallest absolute Gasteiger partial charge is 0.0719 e. The first-order valence-corrected chi connectivity index (χ1v) is 4.18. The summed E-state index contributed by atoms with van der Waals surface area (Å²) in [5.41, 5.74) is 2.41. The van der Waals surface area contributed by atoms with Crippen LogP contribution in [0.4, 0.5) is 0 Å². The molecule has 0 heterocycles. The molecule has 0 saturated heterocycles. The maximum atomic E-state index is 5.82. The lowest BCUT2D eigenvalue weighted by molar-refractivity contribution is 0.141. The summed E-state index contributed by atoms with van der Waals surface area (Å²) in [6, 6.07) is 5.81. The minimum absolute atomic E-state index is 0.529. The van der Waals surface area contributed by atoms with Crippen LogP contribution in [-0.2, 0) is 11.3 Å². The van der Waals surface area contributed by atoms with Gasteiger partial charge in [-0.25, -0.2) is 5.90 Å². The summed E-state index contributed by atoms with van der Waals surface area (Å²) in [5.74, 6) is 4.93. The molecule has 66 valence electrons. The molecule has 0 aliphatic heterocycles. The van der Waals surface area contributed by atoms with Crippen LogP contribution in [0.2, 0.25) is 5.02 Å². The van der Waals surface area contributed by atoms with Gasteiger partial charge in [-0.05, 0) is 36.6 Å². The second kappa shape index (κ2) is 4.45. The van der Waals surface area contributed by atoms with Crippen molar-refractivity contribution < 1.29 is 4.84 Å². The molecule has 2 N–H and O–H groups in total. The van der Waals surface area contributed by atoms with Gasteiger partial charge in [-0.1, -0.05) is 17.7 Å². The first-order chi connectivity index (χ1) is 5.74. The molecule has 2 nitrogen and oxygen atoms in total. The third kappa shape index (κ3) is 2.48. The van der Waals surface area contributed by atoms with E-state index in [4.69, 9.17) is 17.5 Å². The number of nitrogens with two attached hydrogens (primary N) is 1. The van der Waals surface area contributed by atoms with Crippen LogP contribution in [0.25, 0.3) is 0 Å². The van der Waals surface area contributed by atoms with Gasteiger partial charge in [-0.2, -0.15) is 0 Å². The Bertz CT molecular complexity index is 263. The molecule has 0 spiro atoms. The molecule has 0 fully saturated rings. The monoisotopic (exact) mass is 185 g/mol. The first kappa shape index (κ1) is 9.52. The fraction of sp³-hybridized carbons (Fsp3) is 0.333. The maximum absolute atomic E-state index is 5.82. The molecule has 0 atom stereocenters. The quantitative estimate of drug-likeness (QED) is 0.732. The van der Waals surface area contributed by atoms with Gasteiger partial charge < -0.3 is 4.84 Å². The van der Waals surface area contributed by atoms with Gasteiger partial charge in [0, 0.05) is 5.02 Å². The van der Waals surface area contributed by atoms with Crippen molar-refractivity contribution in [3.8, 4) is 0 Å². The van der Waals surface area contributed by atoms with E-state index in [1.165, 1.54) is 11.1 Å². The molecule has 3 heteroatoms. The molecule has 1 rings (SSSR count). The summed E-state index contributed by atoms with van der Waals surface area (Å²) < 4.78 is 0. The van der Waals surface area contributed by atoms with E-state index < -0.39 is 0 Å². The van der Waals surface area contributed by atoms with Crippen LogP contribution in [0.1, 0.15) is 11.1 Å². The standard InChI is InChI=1S/C9H12ClNO/c1-7-2-3-9(10)6-8(7)4-5-12-11/h2-3,6H,4-5,11H2,1H3. The third-order valence-corrected chi connectivity index (χ3v) is 2.04. The SMILES string of the molecule is Cc1ccc(Cl)cc1CCON. The predicted octanol–water partition coefficient (Wildman–Crippen LogP) is 2.08. The summed E-state index contributed by atoms with van der Waals surface area (Å²) in [7, 11) is 0. The lowest BCUT2D eigenvalue weighted by atomic mass is 10.1. The highest BCUT2D eigenvalue weighted by atomic mass is 35.5. The van der Waals surface area contributed by atoms with E-state index in [2.05, 4.69) is 4.84 Å². The molecular weight excluding hydrogens is 174 g/mol. The number of hydrogen-bond donors (Lipinski definition) is 1. The van der Waals surface area contributed by atoms with Crippen LogP contribution in [0, 0.1) is 6.92 Å². The Morgan fingerprint density at radius 1 is 1.50 bits per heavy atom. The Hall–Kier alpha value is -0.570. The van der Waals surface area contributed by atoms with Gasteiger partial charge >= 0.3 is 0 Å². The van der Waals surface area contributed by atoms with E-state index in [-0.39, 0.29) is 0 Å². The first-order valence-electron chi connectivity index (χ1n) is 3.80. The Morgan fingerprint density at radius 3 is 2.92 bits per heavy atom. The van der Waals surface area contributed by atoms with Crippen molar-refractivity contribution >= 4 is 11.6 Å². The number of aryl methyl sites for hydroxylation is 1. The Kier molecular flexibility index (Phi) is 3.53. The predicted molar refractivity (Wildman–Crippen MR) is 50.0 cm³/mol.